The molecule has 1 aliphatic heterocycles. The van der Waals surface area contributed by atoms with E-state index in [1.807, 2.05) is 37.3 Å². The molecule has 3 rings (SSSR count). The predicted molar refractivity (Wildman–Crippen MR) is 90.7 cm³/mol. The van der Waals surface area contributed by atoms with E-state index in [2.05, 4.69) is 31.2 Å². The number of hydrogen-bond donors (Lipinski definition) is 0. The topological polar surface area (TPSA) is 26.3 Å². The summed E-state index contributed by atoms with van der Waals surface area (Å²) in [5.74, 6) is -0.281. The van der Waals surface area contributed by atoms with E-state index in [4.69, 9.17) is 4.74 Å². The van der Waals surface area contributed by atoms with Crippen LogP contribution in [0.5, 0.6) is 0 Å². The summed E-state index contributed by atoms with van der Waals surface area (Å²) in [6.07, 6.45) is 1.65. The molecule has 3 heteroatoms. The Kier molecular flexibility index (Phi) is 4.08. The van der Waals surface area contributed by atoms with E-state index in [1.54, 1.807) is 17.8 Å². The molecule has 1 heterocycles. The fourth-order valence-electron chi connectivity index (χ4n) is 2.80. The zero-order chi connectivity index (χ0) is 15.6. The Morgan fingerprint density at radius 1 is 1.14 bits per heavy atom. The van der Waals surface area contributed by atoms with Gasteiger partial charge in [-0.05, 0) is 36.6 Å². The molecule has 0 saturated heterocycles. The highest BCUT2D eigenvalue weighted by Crippen LogP contribution is 2.58. The van der Waals surface area contributed by atoms with Crippen molar-refractivity contribution in [2.45, 2.75) is 23.5 Å². The number of thioether (sulfide) groups is 1. The fourth-order valence-corrected chi connectivity index (χ4v) is 4.21. The molecular weight excluding hydrogens is 292 g/mol. The van der Waals surface area contributed by atoms with Crippen LogP contribution in [-0.2, 0) is 14.3 Å². The maximum Gasteiger partial charge on any atom is 0.331 e. The van der Waals surface area contributed by atoms with E-state index in [0.717, 1.165) is 11.1 Å². The molecule has 1 unspecified atom stereocenters. The van der Waals surface area contributed by atoms with Crippen molar-refractivity contribution in [3.63, 3.8) is 0 Å². The average Bonchev–Trinajstić information content (AvgIpc) is 2.82. The molecule has 1 atom stereocenters. The maximum absolute atomic E-state index is 12.0. The molecule has 0 bridgehead atoms. The van der Waals surface area contributed by atoms with E-state index >= 15 is 0 Å². The SMILES string of the molecule is CCOC(=O)C=C1c2ccccc2SC1(C)c1ccccc1. The minimum Gasteiger partial charge on any atom is -0.463 e. The summed E-state index contributed by atoms with van der Waals surface area (Å²) in [6, 6.07) is 18.5. The van der Waals surface area contributed by atoms with E-state index in [0.29, 0.717) is 6.61 Å². The molecule has 0 N–H and O–H groups in total. The van der Waals surface area contributed by atoms with Crippen molar-refractivity contribution in [3.05, 3.63) is 71.8 Å². The predicted octanol–water partition coefficient (Wildman–Crippen LogP) is 4.65. The van der Waals surface area contributed by atoms with E-state index < -0.39 is 0 Å². The number of benzene rings is 2. The van der Waals surface area contributed by atoms with Gasteiger partial charge >= 0.3 is 5.97 Å². The van der Waals surface area contributed by atoms with Gasteiger partial charge < -0.3 is 4.74 Å². The summed E-state index contributed by atoms with van der Waals surface area (Å²) in [6.45, 7) is 4.38. The lowest BCUT2D eigenvalue weighted by Crippen LogP contribution is -2.16. The van der Waals surface area contributed by atoms with E-state index in [1.165, 1.54) is 10.5 Å². The fraction of sp³-hybridized carbons (Fsp3) is 0.211. The standard InChI is InChI=1S/C19H18O2S/c1-3-21-18(20)13-16-15-11-7-8-12-17(15)22-19(16,2)14-9-5-4-6-10-14/h4-13H,3H2,1-2H3. The molecule has 0 saturated carbocycles. The van der Waals surface area contributed by atoms with Crippen LogP contribution >= 0.6 is 11.8 Å². The van der Waals surface area contributed by atoms with Gasteiger partial charge in [-0.1, -0.05) is 48.5 Å². The normalized spacial score (nSPS) is 21.6. The molecule has 2 aromatic rings. The second-order valence-electron chi connectivity index (χ2n) is 5.31. The van der Waals surface area contributed by atoms with Gasteiger partial charge in [0.2, 0.25) is 0 Å². The third-order valence-corrected chi connectivity index (χ3v) is 5.32. The first-order chi connectivity index (χ1) is 10.6. The second-order valence-corrected chi connectivity index (χ2v) is 6.77. The van der Waals surface area contributed by atoms with Gasteiger partial charge in [0.25, 0.3) is 0 Å². The van der Waals surface area contributed by atoms with Gasteiger partial charge in [-0.15, -0.1) is 11.8 Å². The molecule has 1 aliphatic rings. The van der Waals surface area contributed by atoms with Gasteiger partial charge in [-0.25, -0.2) is 4.79 Å². The summed E-state index contributed by atoms with van der Waals surface area (Å²) in [4.78, 5) is 13.2. The van der Waals surface area contributed by atoms with Crippen LogP contribution in [0.4, 0.5) is 0 Å². The van der Waals surface area contributed by atoms with Crippen molar-refractivity contribution in [3.8, 4) is 0 Å². The van der Waals surface area contributed by atoms with Gasteiger partial charge in [0.05, 0.1) is 11.4 Å². The highest BCUT2D eigenvalue weighted by atomic mass is 32.2. The molecule has 112 valence electrons. The molecule has 0 amide bonds. The van der Waals surface area contributed by atoms with Crippen molar-refractivity contribution in [1.82, 2.24) is 0 Å². The zero-order valence-corrected chi connectivity index (χ0v) is 13.5. The molecule has 2 nitrogen and oxygen atoms in total. The van der Waals surface area contributed by atoms with Crippen molar-refractivity contribution < 1.29 is 9.53 Å². The quantitative estimate of drug-likeness (QED) is 0.609. The minimum atomic E-state index is -0.281. The van der Waals surface area contributed by atoms with Crippen molar-refractivity contribution >= 4 is 23.3 Å². The minimum absolute atomic E-state index is 0.280. The Bertz CT molecular complexity index is 721. The summed E-state index contributed by atoms with van der Waals surface area (Å²) in [5.41, 5.74) is 3.32. The molecule has 0 fully saturated rings. The summed E-state index contributed by atoms with van der Waals surface area (Å²) in [7, 11) is 0. The van der Waals surface area contributed by atoms with Crippen LogP contribution in [0, 0.1) is 0 Å². The van der Waals surface area contributed by atoms with Crippen LogP contribution in [-0.4, -0.2) is 12.6 Å². The van der Waals surface area contributed by atoms with Crippen LogP contribution in [0.2, 0.25) is 0 Å². The first-order valence-corrected chi connectivity index (χ1v) is 8.19. The average molecular weight is 310 g/mol. The summed E-state index contributed by atoms with van der Waals surface area (Å²) in [5, 5.41) is 0. The monoisotopic (exact) mass is 310 g/mol. The van der Waals surface area contributed by atoms with Crippen LogP contribution < -0.4 is 0 Å². The zero-order valence-electron chi connectivity index (χ0n) is 12.7. The Morgan fingerprint density at radius 3 is 2.55 bits per heavy atom. The largest absolute Gasteiger partial charge is 0.463 e. The van der Waals surface area contributed by atoms with Crippen LogP contribution in [0.15, 0.2) is 65.6 Å². The lowest BCUT2D eigenvalue weighted by atomic mass is 9.87. The third kappa shape index (κ3) is 2.57. The first kappa shape index (κ1) is 14.9. The molecule has 0 aromatic heterocycles. The van der Waals surface area contributed by atoms with Crippen molar-refractivity contribution in [2.24, 2.45) is 0 Å². The molecule has 0 aliphatic carbocycles. The number of ether oxygens (including phenoxy) is 1. The molecular formula is C19H18O2S. The van der Waals surface area contributed by atoms with Crippen molar-refractivity contribution in [2.75, 3.05) is 6.61 Å². The Hall–Kier alpha value is -2.00. The third-order valence-electron chi connectivity index (χ3n) is 3.88. The van der Waals surface area contributed by atoms with Crippen LogP contribution in [0.3, 0.4) is 0 Å². The molecule has 0 spiro atoms. The van der Waals surface area contributed by atoms with Crippen LogP contribution in [0.25, 0.3) is 5.57 Å². The number of hydrogen-bond acceptors (Lipinski definition) is 3. The van der Waals surface area contributed by atoms with E-state index in [9.17, 15) is 4.79 Å². The first-order valence-electron chi connectivity index (χ1n) is 7.38. The second kappa shape index (κ2) is 6.01. The van der Waals surface area contributed by atoms with Gasteiger partial charge in [-0.2, -0.15) is 0 Å². The lowest BCUT2D eigenvalue weighted by Gasteiger charge is -2.26. The Labute approximate surface area is 135 Å². The maximum atomic E-state index is 12.0. The highest BCUT2D eigenvalue weighted by Gasteiger charge is 2.40. The highest BCUT2D eigenvalue weighted by molar-refractivity contribution is 8.01. The van der Waals surface area contributed by atoms with Gasteiger partial charge in [0, 0.05) is 11.0 Å². The van der Waals surface area contributed by atoms with Gasteiger partial charge in [-0.3, -0.25) is 0 Å². The Morgan fingerprint density at radius 2 is 1.82 bits per heavy atom. The van der Waals surface area contributed by atoms with Crippen molar-refractivity contribution in [1.29, 1.82) is 0 Å². The lowest BCUT2D eigenvalue weighted by molar-refractivity contribution is -0.137. The van der Waals surface area contributed by atoms with Crippen LogP contribution in [0.1, 0.15) is 25.0 Å². The number of fused-ring (bicyclic) bond motifs is 1. The smallest absolute Gasteiger partial charge is 0.331 e. The van der Waals surface area contributed by atoms with Gasteiger partial charge in [0.1, 0.15) is 0 Å². The number of esters is 1. The summed E-state index contributed by atoms with van der Waals surface area (Å²) >= 11 is 1.78. The number of carbonyl (C=O) groups excluding carboxylic acids is 1. The van der Waals surface area contributed by atoms with E-state index in [-0.39, 0.29) is 10.7 Å². The molecule has 22 heavy (non-hydrogen) atoms. The Balaban J connectivity index is 2.13. The summed E-state index contributed by atoms with van der Waals surface area (Å²) < 4.78 is 4.84. The number of rotatable bonds is 3. The molecule has 2 aromatic carbocycles. The number of carbonyl (C=O) groups is 1. The molecule has 0 radical (unpaired) electrons. The van der Waals surface area contributed by atoms with Gasteiger partial charge in [0.15, 0.2) is 0 Å².